The molecule has 0 unspecified atom stereocenters. The first-order valence-electron chi connectivity index (χ1n) is 7.54. The van der Waals surface area contributed by atoms with Crippen molar-refractivity contribution >= 4 is 26.3 Å². The van der Waals surface area contributed by atoms with Gasteiger partial charge in [-0.1, -0.05) is 18.2 Å². The summed E-state index contributed by atoms with van der Waals surface area (Å²) in [6, 6.07) is 8.09. The molecule has 0 atom stereocenters. The smallest absolute Gasteiger partial charge is 0.214 e. The third-order valence-electron chi connectivity index (χ3n) is 4.20. The molecule has 0 N–H and O–H groups in total. The highest BCUT2D eigenvalue weighted by Crippen LogP contribution is 2.28. The Hall–Kier alpha value is -1.70. The molecule has 2 aromatic heterocycles. The van der Waals surface area contributed by atoms with Gasteiger partial charge in [-0.25, -0.2) is 13.4 Å². The van der Waals surface area contributed by atoms with Crippen molar-refractivity contribution in [3.63, 3.8) is 0 Å². The maximum Gasteiger partial charge on any atom is 0.214 e. The molecule has 0 radical (unpaired) electrons. The minimum absolute atomic E-state index is 0.268. The average molecular weight is 347 g/mol. The Kier molecular flexibility index (Phi) is 3.51. The molecule has 0 spiro atoms. The van der Waals surface area contributed by atoms with Crippen molar-refractivity contribution in [1.29, 1.82) is 0 Å². The van der Waals surface area contributed by atoms with E-state index in [0.29, 0.717) is 13.1 Å². The first-order valence-corrected chi connectivity index (χ1v) is 10.0. The van der Waals surface area contributed by atoms with Gasteiger partial charge in [0.2, 0.25) is 10.0 Å². The Morgan fingerprint density at radius 3 is 3.00 bits per heavy atom. The minimum atomic E-state index is -3.07. The number of hydrogen-bond donors (Lipinski definition) is 0. The van der Waals surface area contributed by atoms with Crippen LogP contribution in [0.3, 0.4) is 0 Å². The van der Waals surface area contributed by atoms with E-state index in [4.69, 9.17) is 0 Å². The van der Waals surface area contributed by atoms with Crippen LogP contribution >= 0.6 is 11.3 Å². The Bertz CT molecular complexity index is 972. The molecular weight excluding hydrogens is 330 g/mol. The summed E-state index contributed by atoms with van der Waals surface area (Å²) in [6.07, 6.45) is 2.74. The molecule has 1 aliphatic heterocycles. The van der Waals surface area contributed by atoms with Gasteiger partial charge in [0.1, 0.15) is 0 Å². The lowest BCUT2D eigenvalue weighted by atomic mass is 10.1. The fraction of sp³-hybridized carbons (Fsp3) is 0.312. The van der Waals surface area contributed by atoms with Gasteiger partial charge < -0.3 is 0 Å². The van der Waals surface area contributed by atoms with Crippen molar-refractivity contribution in [2.45, 2.75) is 19.9 Å². The lowest BCUT2D eigenvalue weighted by Crippen LogP contribution is -2.25. The Balaban J connectivity index is 1.72. The largest absolute Gasteiger partial charge is 0.290 e. The summed E-state index contributed by atoms with van der Waals surface area (Å²) in [4.78, 5) is 5.56. The lowest BCUT2D eigenvalue weighted by Gasteiger charge is -2.15. The van der Waals surface area contributed by atoms with Gasteiger partial charge in [0.25, 0.3) is 0 Å². The van der Waals surface area contributed by atoms with Crippen molar-refractivity contribution in [2.75, 3.05) is 12.3 Å². The normalized spacial score (nSPS) is 18.0. The van der Waals surface area contributed by atoms with Crippen LogP contribution in [0.1, 0.15) is 17.7 Å². The second kappa shape index (κ2) is 5.43. The maximum absolute atomic E-state index is 12.0. The highest BCUT2D eigenvalue weighted by molar-refractivity contribution is 7.89. The van der Waals surface area contributed by atoms with Crippen LogP contribution in [0.2, 0.25) is 0 Å². The Morgan fingerprint density at radius 1 is 1.35 bits per heavy atom. The van der Waals surface area contributed by atoms with Gasteiger partial charge in [0.15, 0.2) is 4.96 Å². The molecule has 0 aliphatic carbocycles. The SMILES string of the molecule is Cc1nc2sccn2c1-c1cccc(CN2CCCS2(=O)=O)c1. The predicted molar refractivity (Wildman–Crippen MR) is 92.1 cm³/mol. The second-order valence-electron chi connectivity index (χ2n) is 5.80. The summed E-state index contributed by atoms with van der Waals surface area (Å²) >= 11 is 1.61. The third-order valence-corrected chi connectivity index (χ3v) is 6.86. The van der Waals surface area contributed by atoms with Crippen LogP contribution in [0, 0.1) is 6.92 Å². The quantitative estimate of drug-likeness (QED) is 0.732. The molecule has 23 heavy (non-hydrogen) atoms. The molecule has 1 aromatic carbocycles. The van der Waals surface area contributed by atoms with Crippen molar-refractivity contribution in [3.05, 3.63) is 47.1 Å². The molecule has 7 heteroatoms. The molecule has 1 aliphatic rings. The number of nitrogens with zero attached hydrogens (tertiary/aromatic N) is 3. The summed E-state index contributed by atoms with van der Waals surface area (Å²) in [6.45, 7) is 3.07. The Labute approximate surface area is 139 Å². The molecule has 0 saturated carbocycles. The number of benzene rings is 1. The van der Waals surface area contributed by atoms with Gasteiger partial charge >= 0.3 is 0 Å². The van der Waals surface area contributed by atoms with E-state index < -0.39 is 10.0 Å². The molecule has 120 valence electrons. The highest BCUT2D eigenvalue weighted by Gasteiger charge is 2.28. The van der Waals surface area contributed by atoms with Crippen molar-refractivity contribution < 1.29 is 8.42 Å². The van der Waals surface area contributed by atoms with Crippen molar-refractivity contribution in [2.24, 2.45) is 0 Å². The number of hydrogen-bond acceptors (Lipinski definition) is 4. The van der Waals surface area contributed by atoms with E-state index in [2.05, 4.69) is 21.5 Å². The van der Waals surface area contributed by atoms with Crippen LogP contribution in [0.5, 0.6) is 0 Å². The van der Waals surface area contributed by atoms with Gasteiger partial charge in [0, 0.05) is 30.2 Å². The van der Waals surface area contributed by atoms with E-state index in [1.54, 1.807) is 15.6 Å². The van der Waals surface area contributed by atoms with E-state index in [9.17, 15) is 8.42 Å². The standard InChI is InChI=1S/C16H17N3O2S2/c1-12-15(19-7-8-22-16(19)17-12)14-5-2-4-13(10-14)11-18-6-3-9-23(18,20)21/h2,4-5,7-8,10H,3,6,9,11H2,1H3. The molecule has 5 nitrogen and oxygen atoms in total. The minimum Gasteiger partial charge on any atom is -0.290 e. The van der Waals surface area contributed by atoms with Crippen LogP contribution < -0.4 is 0 Å². The van der Waals surface area contributed by atoms with Gasteiger partial charge in [-0.05, 0) is 25.0 Å². The van der Waals surface area contributed by atoms with E-state index >= 15 is 0 Å². The molecule has 3 heterocycles. The number of rotatable bonds is 3. The number of imidazole rings is 1. The second-order valence-corrected chi connectivity index (χ2v) is 8.77. The Morgan fingerprint density at radius 2 is 2.22 bits per heavy atom. The number of aromatic nitrogens is 2. The molecule has 4 rings (SSSR count). The summed E-state index contributed by atoms with van der Waals surface area (Å²) in [5, 5.41) is 2.02. The van der Waals surface area contributed by atoms with Crippen LogP contribution in [0.25, 0.3) is 16.2 Å². The number of fused-ring (bicyclic) bond motifs is 1. The summed E-state index contributed by atoms with van der Waals surface area (Å²) in [5.41, 5.74) is 4.15. The summed E-state index contributed by atoms with van der Waals surface area (Å²) in [7, 11) is -3.07. The summed E-state index contributed by atoms with van der Waals surface area (Å²) < 4.78 is 27.6. The topological polar surface area (TPSA) is 54.7 Å². The third kappa shape index (κ3) is 2.58. The zero-order chi connectivity index (χ0) is 16.0. The molecule has 0 amide bonds. The van der Waals surface area contributed by atoms with E-state index in [-0.39, 0.29) is 5.75 Å². The van der Waals surface area contributed by atoms with Crippen LogP contribution in [0.4, 0.5) is 0 Å². The van der Waals surface area contributed by atoms with Crippen LogP contribution in [-0.4, -0.2) is 34.4 Å². The fourth-order valence-electron chi connectivity index (χ4n) is 3.13. The van der Waals surface area contributed by atoms with Crippen molar-refractivity contribution in [1.82, 2.24) is 13.7 Å². The predicted octanol–water partition coefficient (Wildman–Crippen LogP) is 2.91. The molecule has 1 fully saturated rings. The van der Waals surface area contributed by atoms with Crippen LogP contribution in [0.15, 0.2) is 35.8 Å². The van der Waals surface area contributed by atoms with E-state index in [1.165, 1.54) is 0 Å². The van der Waals surface area contributed by atoms with Gasteiger partial charge in [-0.15, -0.1) is 11.3 Å². The zero-order valence-electron chi connectivity index (χ0n) is 12.8. The average Bonchev–Trinajstić information content (AvgIpc) is 3.14. The molecule has 1 saturated heterocycles. The first kappa shape index (κ1) is 14.9. The fourth-order valence-corrected chi connectivity index (χ4v) is 5.40. The summed E-state index contributed by atoms with van der Waals surface area (Å²) in [5.74, 6) is 0.268. The van der Waals surface area contributed by atoms with Crippen molar-refractivity contribution in [3.8, 4) is 11.3 Å². The molecule has 0 bridgehead atoms. The van der Waals surface area contributed by atoms with Gasteiger partial charge in [0.05, 0.1) is 17.1 Å². The first-order chi connectivity index (χ1) is 11.0. The number of thiazole rings is 1. The number of aryl methyl sites for hydroxylation is 1. The van der Waals surface area contributed by atoms with E-state index in [1.807, 2.05) is 30.6 Å². The number of sulfonamides is 1. The highest BCUT2D eigenvalue weighted by atomic mass is 32.2. The molecular formula is C16H17N3O2S2. The lowest BCUT2D eigenvalue weighted by molar-refractivity contribution is 0.440. The zero-order valence-corrected chi connectivity index (χ0v) is 14.4. The van der Waals surface area contributed by atoms with Crippen LogP contribution in [-0.2, 0) is 16.6 Å². The van der Waals surface area contributed by atoms with Gasteiger partial charge in [-0.2, -0.15) is 4.31 Å². The van der Waals surface area contributed by atoms with E-state index in [0.717, 1.165) is 33.9 Å². The molecule has 3 aromatic rings. The maximum atomic E-state index is 12.0. The van der Waals surface area contributed by atoms with Gasteiger partial charge in [-0.3, -0.25) is 4.40 Å². The monoisotopic (exact) mass is 347 g/mol.